The van der Waals surface area contributed by atoms with Crippen molar-refractivity contribution in [2.24, 2.45) is 5.92 Å². The predicted molar refractivity (Wildman–Crippen MR) is 96.0 cm³/mol. The third-order valence-electron chi connectivity index (χ3n) is 4.77. The van der Waals surface area contributed by atoms with E-state index in [4.69, 9.17) is 5.26 Å². The van der Waals surface area contributed by atoms with Crippen LogP contribution in [0.15, 0.2) is 24.3 Å². The Bertz CT molecular complexity index is 755. The lowest BCUT2D eigenvalue weighted by molar-refractivity contribution is -0.122. The second-order valence-corrected chi connectivity index (χ2v) is 8.79. The van der Waals surface area contributed by atoms with Gasteiger partial charge in [0.05, 0.1) is 23.9 Å². The van der Waals surface area contributed by atoms with Crippen molar-refractivity contribution >= 4 is 15.9 Å². The maximum atomic E-state index is 12.5. The molecule has 7 heteroatoms. The molecule has 0 aliphatic heterocycles. The quantitative estimate of drug-likeness (QED) is 0.837. The zero-order valence-corrected chi connectivity index (χ0v) is 15.6. The molecule has 0 bridgehead atoms. The van der Waals surface area contributed by atoms with E-state index in [-0.39, 0.29) is 24.2 Å². The molecule has 0 spiro atoms. The van der Waals surface area contributed by atoms with Crippen LogP contribution in [0.25, 0.3) is 0 Å². The van der Waals surface area contributed by atoms with Gasteiger partial charge < -0.3 is 5.32 Å². The minimum absolute atomic E-state index is 0.122. The molecule has 1 aliphatic rings. The summed E-state index contributed by atoms with van der Waals surface area (Å²) in [4.78, 5) is 12.2. The normalized spacial score (nSPS) is 20.9. The van der Waals surface area contributed by atoms with Crippen LogP contribution < -0.4 is 5.32 Å². The average Bonchev–Trinajstić information content (AvgIpc) is 2.57. The smallest absolute Gasteiger partial charge is 0.235 e. The molecule has 1 aliphatic carbocycles. The maximum Gasteiger partial charge on any atom is 0.235 e. The number of likely N-dealkylation sites (N-methyl/N-ethyl adjacent to an activating group) is 1. The van der Waals surface area contributed by atoms with E-state index in [1.165, 1.54) is 13.5 Å². The molecule has 1 N–H and O–H groups in total. The molecule has 2 rings (SSSR count). The average molecular weight is 363 g/mol. The fraction of sp³-hybridized carbons (Fsp3) is 0.556. The van der Waals surface area contributed by atoms with E-state index in [0.717, 1.165) is 23.6 Å². The Morgan fingerprint density at radius 3 is 2.68 bits per heavy atom. The van der Waals surface area contributed by atoms with Gasteiger partial charge in [-0.15, -0.1) is 0 Å². The van der Waals surface area contributed by atoms with Gasteiger partial charge in [0.1, 0.15) is 0 Å². The minimum Gasteiger partial charge on any atom is -0.352 e. The molecule has 0 heterocycles. The molecular weight excluding hydrogens is 338 g/mol. The zero-order chi connectivity index (χ0) is 18.4. The molecule has 25 heavy (non-hydrogen) atoms. The van der Waals surface area contributed by atoms with E-state index in [1.807, 2.05) is 6.07 Å². The van der Waals surface area contributed by atoms with Crippen molar-refractivity contribution in [1.29, 1.82) is 5.26 Å². The van der Waals surface area contributed by atoms with Gasteiger partial charge in [-0.1, -0.05) is 38.0 Å². The van der Waals surface area contributed by atoms with Crippen molar-refractivity contribution in [1.82, 2.24) is 9.62 Å². The molecule has 2 atom stereocenters. The number of carbonyl (C=O) groups excluding carboxylic acids is 1. The highest BCUT2D eigenvalue weighted by Crippen LogP contribution is 2.23. The first-order valence-electron chi connectivity index (χ1n) is 8.55. The van der Waals surface area contributed by atoms with Gasteiger partial charge in [0.2, 0.25) is 15.9 Å². The van der Waals surface area contributed by atoms with Gasteiger partial charge in [0.25, 0.3) is 0 Å². The lowest BCUT2D eigenvalue weighted by atomic mass is 9.86. The number of rotatable bonds is 6. The largest absolute Gasteiger partial charge is 0.352 e. The summed E-state index contributed by atoms with van der Waals surface area (Å²) in [6, 6.07) is 8.71. The monoisotopic (exact) mass is 363 g/mol. The molecule has 1 aromatic carbocycles. The van der Waals surface area contributed by atoms with Crippen molar-refractivity contribution < 1.29 is 13.2 Å². The number of benzene rings is 1. The summed E-state index contributed by atoms with van der Waals surface area (Å²) in [5.74, 6) is -0.152. The molecule has 136 valence electrons. The highest BCUT2D eigenvalue weighted by Gasteiger charge is 2.26. The number of carbonyl (C=O) groups is 1. The van der Waals surface area contributed by atoms with Crippen LogP contribution >= 0.6 is 0 Å². The Labute approximate surface area is 149 Å². The Hall–Kier alpha value is -1.91. The van der Waals surface area contributed by atoms with Gasteiger partial charge in [0.15, 0.2) is 0 Å². The Balaban J connectivity index is 1.97. The van der Waals surface area contributed by atoms with Crippen molar-refractivity contribution in [3.05, 3.63) is 35.4 Å². The SMILES string of the molecule is C[C@H]1CCCC[C@@H]1NC(=O)CN(C)S(=O)(=O)Cc1ccccc1C#N. The summed E-state index contributed by atoms with van der Waals surface area (Å²) in [5.41, 5.74) is 0.776. The third kappa shape index (κ3) is 5.28. The first-order valence-corrected chi connectivity index (χ1v) is 10.2. The summed E-state index contributed by atoms with van der Waals surface area (Å²) < 4.78 is 26.1. The molecule has 0 radical (unpaired) electrons. The second kappa shape index (κ2) is 8.45. The van der Waals surface area contributed by atoms with Crippen molar-refractivity contribution in [3.63, 3.8) is 0 Å². The van der Waals surface area contributed by atoms with Crippen molar-refractivity contribution in [2.75, 3.05) is 13.6 Å². The first kappa shape index (κ1) is 19.4. The van der Waals surface area contributed by atoms with Crippen LogP contribution in [0.2, 0.25) is 0 Å². The van der Waals surface area contributed by atoms with Crippen LogP contribution in [0.3, 0.4) is 0 Å². The molecular formula is C18H25N3O3S. The molecule has 0 aromatic heterocycles. The molecule has 1 aromatic rings. The van der Waals surface area contributed by atoms with E-state index >= 15 is 0 Å². The predicted octanol–water partition coefficient (Wildman–Crippen LogP) is 2.01. The summed E-state index contributed by atoms with van der Waals surface area (Å²) in [6.07, 6.45) is 4.30. The van der Waals surface area contributed by atoms with Crippen molar-refractivity contribution in [2.45, 2.75) is 44.4 Å². The topological polar surface area (TPSA) is 90.3 Å². The Kier molecular flexibility index (Phi) is 6.57. The maximum absolute atomic E-state index is 12.5. The zero-order valence-electron chi connectivity index (χ0n) is 14.7. The molecule has 6 nitrogen and oxygen atoms in total. The van der Waals surface area contributed by atoms with Crippen LogP contribution in [0.4, 0.5) is 0 Å². The standard InChI is InChI=1S/C18H25N3O3S/c1-14-7-3-6-10-17(14)20-18(22)12-21(2)25(23,24)13-16-9-5-4-8-15(16)11-19/h4-5,8-9,14,17H,3,6-7,10,12-13H2,1-2H3,(H,20,22)/t14-,17-/m0/s1. The fourth-order valence-electron chi connectivity index (χ4n) is 3.15. The molecule has 1 fully saturated rings. The van der Waals surface area contributed by atoms with Gasteiger partial charge in [-0.05, 0) is 30.4 Å². The molecule has 1 amide bonds. The highest BCUT2D eigenvalue weighted by atomic mass is 32.2. The fourth-order valence-corrected chi connectivity index (χ4v) is 4.32. The van der Waals surface area contributed by atoms with Crippen LogP contribution in [0.5, 0.6) is 0 Å². The number of nitrogens with zero attached hydrogens (tertiary/aromatic N) is 2. The van der Waals surface area contributed by atoms with Crippen LogP contribution in [0, 0.1) is 17.2 Å². The van der Waals surface area contributed by atoms with Gasteiger partial charge in [0, 0.05) is 13.1 Å². The molecule has 1 saturated carbocycles. The second-order valence-electron chi connectivity index (χ2n) is 6.72. The van der Waals surface area contributed by atoms with E-state index in [9.17, 15) is 13.2 Å². The van der Waals surface area contributed by atoms with Gasteiger partial charge >= 0.3 is 0 Å². The summed E-state index contributed by atoms with van der Waals surface area (Å²) in [6.45, 7) is 1.91. The van der Waals surface area contributed by atoms with Gasteiger partial charge in [-0.2, -0.15) is 9.57 Å². The van der Waals surface area contributed by atoms with Gasteiger partial charge in [-0.3, -0.25) is 4.79 Å². The number of nitriles is 1. The Morgan fingerprint density at radius 2 is 2.00 bits per heavy atom. The van der Waals surface area contributed by atoms with E-state index in [1.54, 1.807) is 24.3 Å². The third-order valence-corrected chi connectivity index (χ3v) is 6.53. The molecule has 0 unspecified atom stereocenters. The minimum atomic E-state index is -3.67. The van der Waals surface area contributed by atoms with E-state index in [0.29, 0.717) is 17.0 Å². The summed E-state index contributed by atoms with van der Waals surface area (Å²) in [7, 11) is -2.28. The number of sulfonamides is 1. The van der Waals surface area contributed by atoms with Crippen LogP contribution in [-0.4, -0.2) is 38.3 Å². The highest BCUT2D eigenvalue weighted by molar-refractivity contribution is 7.88. The van der Waals surface area contributed by atoms with Gasteiger partial charge in [-0.25, -0.2) is 8.42 Å². The van der Waals surface area contributed by atoms with Crippen molar-refractivity contribution in [3.8, 4) is 6.07 Å². The van der Waals surface area contributed by atoms with Crippen LogP contribution in [-0.2, 0) is 20.6 Å². The number of hydrogen-bond acceptors (Lipinski definition) is 4. The lowest BCUT2D eigenvalue weighted by Crippen LogP contribution is -2.46. The first-order chi connectivity index (χ1) is 11.8. The summed E-state index contributed by atoms with van der Waals surface area (Å²) >= 11 is 0. The lowest BCUT2D eigenvalue weighted by Gasteiger charge is -2.30. The van der Waals surface area contributed by atoms with E-state index < -0.39 is 10.0 Å². The Morgan fingerprint density at radius 1 is 1.32 bits per heavy atom. The molecule has 0 saturated heterocycles. The van der Waals surface area contributed by atoms with Crippen LogP contribution in [0.1, 0.15) is 43.7 Å². The van der Waals surface area contributed by atoms with E-state index in [2.05, 4.69) is 12.2 Å². The summed E-state index contributed by atoms with van der Waals surface area (Å²) in [5, 5.41) is 12.0. The number of nitrogens with one attached hydrogen (secondary N) is 1. The number of amides is 1. The number of hydrogen-bond donors (Lipinski definition) is 1.